The Kier molecular flexibility index (Phi) is 7.60. The summed E-state index contributed by atoms with van der Waals surface area (Å²) in [6, 6.07) is 10.2. The summed E-state index contributed by atoms with van der Waals surface area (Å²) in [5, 5.41) is 10.6. The van der Waals surface area contributed by atoms with Gasteiger partial charge in [0, 0.05) is 11.5 Å². The van der Waals surface area contributed by atoms with E-state index in [-0.39, 0.29) is 4.90 Å². The number of hydrogen-bond acceptors (Lipinski definition) is 4. The zero-order valence-electron chi connectivity index (χ0n) is 11.9. The van der Waals surface area contributed by atoms with Crippen LogP contribution in [0.2, 0.25) is 0 Å². The molecule has 0 saturated carbocycles. The van der Waals surface area contributed by atoms with Crippen LogP contribution in [0.15, 0.2) is 46.7 Å². The van der Waals surface area contributed by atoms with Gasteiger partial charge in [-0.05, 0) is 49.8 Å². The van der Waals surface area contributed by atoms with E-state index in [0.717, 1.165) is 24.8 Å². The third-order valence-corrected chi connectivity index (χ3v) is 4.53. The molecule has 6 heteroatoms. The Bertz CT molecular complexity index is 602. The van der Waals surface area contributed by atoms with E-state index in [0.29, 0.717) is 6.61 Å². The molecule has 0 radical (unpaired) electrons. The third-order valence-electron chi connectivity index (χ3n) is 2.73. The zero-order chi connectivity index (χ0) is 15.7. The molecule has 1 heterocycles. The molecule has 0 unspecified atom stereocenters. The fourth-order valence-electron chi connectivity index (χ4n) is 1.58. The quantitative estimate of drug-likeness (QED) is 0.652. The van der Waals surface area contributed by atoms with Crippen LogP contribution in [0, 0.1) is 6.92 Å². The predicted molar refractivity (Wildman–Crippen MR) is 85.3 cm³/mol. The van der Waals surface area contributed by atoms with Gasteiger partial charge >= 0.3 is 0 Å². The molecule has 0 spiro atoms. The van der Waals surface area contributed by atoms with Crippen molar-refractivity contribution in [2.75, 3.05) is 6.61 Å². The van der Waals surface area contributed by atoms with Gasteiger partial charge in [-0.1, -0.05) is 23.8 Å². The van der Waals surface area contributed by atoms with Gasteiger partial charge in [0.05, 0.1) is 4.90 Å². The van der Waals surface area contributed by atoms with Gasteiger partial charge in [0.2, 0.25) is 0 Å². The topological polar surface area (TPSA) is 74.6 Å². The largest absolute Gasteiger partial charge is 0.396 e. The first-order chi connectivity index (χ1) is 9.93. The average Bonchev–Trinajstić information content (AvgIpc) is 2.92. The van der Waals surface area contributed by atoms with E-state index in [9.17, 15) is 8.42 Å². The average molecular weight is 328 g/mol. The summed E-state index contributed by atoms with van der Waals surface area (Å²) in [5.41, 5.74) is 0.956. The first-order valence-electron chi connectivity index (χ1n) is 6.61. The van der Waals surface area contributed by atoms with Crippen LogP contribution < -0.4 is 0 Å². The van der Waals surface area contributed by atoms with E-state index in [1.807, 2.05) is 6.92 Å². The number of aryl methyl sites for hydroxylation is 2. The SMILES string of the molecule is Cc1ccc(S(=O)(=O)O)cc1.OCCCCc1cccs1. The highest BCUT2D eigenvalue weighted by Gasteiger charge is 2.06. The van der Waals surface area contributed by atoms with E-state index >= 15 is 0 Å². The molecular weight excluding hydrogens is 308 g/mol. The Balaban J connectivity index is 0.000000211. The fourth-order valence-corrected chi connectivity index (χ4v) is 2.81. The molecule has 0 amide bonds. The Morgan fingerprint density at radius 2 is 1.76 bits per heavy atom. The van der Waals surface area contributed by atoms with Crippen molar-refractivity contribution in [3.63, 3.8) is 0 Å². The van der Waals surface area contributed by atoms with Gasteiger partial charge < -0.3 is 5.11 Å². The standard InChI is InChI=1S/C8H12OS.C7H8O3S/c9-6-2-1-4-8-5-3-7-10-8;1-6-2-4-7(5-3-6)11(8,9)10/h3,5,7,9H,1-2,4,6H2;2-5H,1H3,(H,8,9,10). The van der Waals surface area contributed by atoms with Crippen LogP contribution in [-0.4, -0.2) is 24.7 Å². The number of aliphatic hydroxyl groups is 1. The highest BCUT2D eigenvalue weighted by molar-refractivity contribution is 7.85. The first-order valence-corrected chi connectivity index (χ1v) is 8.93. The Hall–Kier alpha value is -1.21. The summed E-state index contributed by atoms with van der Waals surface area (Å²) in [5.74, 6) is 0. The fraction of sp³-hybridized carbons (Fsp3) is 0.333. The highest BCUT2D eigenvalue weighted by Crippen LogP contribution is 2.11. The second-order valence-electron chi connectivity index (χ2n) is 4.55. The second-order valence-corrected chi connectivity index (χ2v) is 7.00. The zero-order valence-corrected chi connectivity index (χ0v) is 13.5. The van der Waals surface area contributed by atoms with Gasteiger partial charge in [0.25, 0.3) is 10.1 Å². The molecule has 0 fully saturated rings. The lowest BCUT2D eigenvalue weighted by Crippen LogP contribution is -1.96. The summed E-state index contributed by atoms with van der Waals surface area (Å²) >= 11 is 1.79. The summed E-state index contributed by atoms with van der Waals surface area (Å²) in [6.07, 6.45) is 3.16. The normalized spacial score (nSPS) is 10.8. The molecule has 2 N–H and O–H groups in total. The lowest BCUT2D eigenvalue weighted by atomic mass is 10.2. The molecular formula is C15H20O4S2. The molecule has 2 aromatic rings. The van der Waals surface area contributed by atoms with E-state index in [1.54, 1.807) is 23.5 Å². The van der Waals surface area contributed by atoms with Gasteiger partial charge in [0.1, 0.15) is 0 Å². The van der Waals surface area contributed by atoms with Gasteiger partial charge in [-0.2, -0.15) is 8.42 Å². The number of aliphatic hydroxyl groups excluding tert-OH is 1. The molecule has 0 saturated heterocycles. The maximum absolute atomic E-state index is 10.5. The summed E-state index contributed by atoms with van der Waals surface area (Å²) in [4.78, 5) is 1.36. The number of thiophene rings is 1. The van der Waals surface area contributed by atoms with Crippen LogP contribution in [0.5, 0.6) is 0 Å². The molecule has 1 aromatic heterocycles. The van der Waals surface area contributed by atoms with Crippen molar-refractivity contribution < 1.29 is 18.1 Å². The van der Waals surface area contributed by atoms with Crippen molar-refractivity contribution in [1.82, 2.24) is 0 Å². The monoisotopic (exact) mass is 328 g/mol. The third kappa shape index (κ3) is 7.38. The molecule has 0 aliphatic carbocycles. The smallest absolute Gasteiger partial charge is 0.294 e. The lowest BCUT2D eigenvalue weighted by Gasteiger charge is -1.95. The molecule has 0 atom stereocenters. The van der Waals surface area contributed by atoms with Gasteiger partial charge in [-0.3, -0.25) is 4.55 Å². The van der Waals surface area contributed by atoms with E-state index in [4.69, 9.17) is 9.66 Å². The van der Waals surface area contributed by atoms with Crippen LogP contribution in [0.4, 0.5) is 0 Å². The van der Waals surface area contributed by atoms with Crippen LogP contribution in [0.25, 0.3) is 0 Å². The second kappa shape index (κ2) is 8.94. The van der Waals surface area contributed by atoms with Gasteiger partial charge in [-0.25, -0.2) is 0 Å². The van der Waals surface area contributed by atoms with Crippen molar-refractivity contribution >= 4 is 21.5 Å². The minimum Gasteiger partial charge on any atom is -0.396 e. The highest BCUT2D eigenvalue weighted by atomic mass is 32.2. The Morgan fingerprint density at radius 3 is 2.24 bits per heavy atom. The minimum atomic E-state index is -4.02. The van der Waals surface area contributed by atoms with Crippen molar-refractivity contribution in [3.05, 3.63) is 52.2 Å². The van der Waals surface area contributed by atoms with E-state index < -0.39 is 10.1 Å². The van der Waals surface area contributed by atoms with E-state index in [1.165, 1.54) is 17.0 Å². The number of hydrogen-bond donors (Lipinski definition) is 2. The maximum Gasteiger partial charge on any atom is 0.294 e. The maximum atomic E-state index is 10.5. The minimum absolute atomic E-state index is 0.0666. The van der Waals surface area contributed by atoms with Crippen molar-refractivity contribution in [2.45, 2.75) is 31.1 Å². The Morgan fingerprint density at radius 1 is 1.10 bits per heavy atom. The number of benzene rings is 1. The van der Waals surface area contributed by atoms with Crippen molar-refractivity contribution in [1.29, 1.82) is 0 Å². The van der Waals surface area contributed by atoms with Crippen LogP contribution in [-0.2, 0) is 16.5 Å². The molecule has 4 nitrogen and oxygen atoms in total. The summed E-state index contributed by atoms with van der Waals surface area (Å²) in [7, 11) is -4.02. The molecule has 0 bridgehead atoms. The number of rotatable bonds is 5. The Labute approximate surface area is 129 Å². The van der Waals surface area contributed by atoms with Crippen LogP contribution in [0.3, 0.4) is 0 Å². The molecule has 116 valence electrons. The molecule has 0 aliphatic rings. The summed E-state index contributed by atoms with van der Waals surface area (Å²) < 4.78 is 29.6. The lowest BCUT2D eigenvalue weighted by molar-refractivity contribution is 0.285. The van der Waals surface area contributed by atoms with Gasteiger partial charge in [0.15, 0.2) is 0 Å². The molecule has 21 heavy (non-hydrogen) atoms. The molecule has 0 aliphatic heterocycles. The summed E-state index contributed by atoms with van der Waals surface area (Å²) in [6.45, 7) is 2.17. The van der Waals surface area contributed by atoms with Gasteiger partial charge in [-0.15, -0.1) is 11.3 Å². The van der Waals surface area contributed by atoms with Crippen LogP contribution >= 0.6 is 11.3 Å². The van der Waals surface area contributed by atoms with Crippen molar-refractivity contribution in [3.8, 4) is 0 Å². The molecule has 1 aromatic carbocycles. The predicted octanol–water partition coefficient (Wildman–Crippen LogP) is 3.30. The van der Waals surface area contributed by atoms with Crippen molar-refractivity contribution in [2.24, 2.45) is 0 Å². The number of unbranched alkanes of at least 4 members (excludes halogenated alkanes) is 1. The van der Waals surface area contributed by atoms with E-state index in [2.05, 4.69) is 17.5 Å². The molecule has 2 rings (SSSR count). The van der Waals surface area contributed by atoms with Crippen LogP contribution in [0.1, 0.15) is 23.3 Å². The first kappa shape index (κ1) is 17.8.